The zero-order valence-corrected chi connectivity index (χ0v) is 11.6. The number of nitrogens with one attached hydrogen (secondary N) is 1. The van der Waals surface area contributed by atoms with Crippen LogP contribution in [0.2, 0.25) is 0 Å². The zero-order valence-electron chi connectivity index (χ0n) is 11.6. The van der Waals surface area contributed by atoms with Crippen LogP contribution in [0.5, 0.6) is 6.01 Å². The van der Waals surface area contributed by atoms with Crippen molar-refractivity contribution in [2.75, 3.05) is 7.11 Å². The summed E-state index contributed by atoms with van der Waals surface area (Å²) < 4.78 is 5.01. The van der Waals surface area contributed by atoms with Crippen molar-refractivity contribution in [3.8, 4) is 17.4 Å². The van der Waals surface area contributed by atoms with Crippen LogP contribution in [0.15, 0.2) is 12.1 Å². The summed E-state index contributed by atoms with van der Waals surface area (Å²) >= 11 is 0. The van der Waals surface area contributed by atoms with Crippen molar-refractivity contribution < 1.29 is 9.53 Å². The van der Waals surface area contributed by atoms with Crippen molar-refractivity contribution >= 4 is 6.29 Å². The first-order chi connectivity index (χ1) is 9.72. The van der Waals surface area contributed by atoms with E-state index in [0.717, 1.165) is 17.4 Å². The van der Waals surface area contributed by atoms with Crippen molar-refractivity contribution in [3.05, 3.63) is 28.8 Å². The standard InChI is InChI=1S/C15H17N3O2/c1-9-6-12(10-4-3-5-10)13(7-11(9)8-19)14-16-15(20-2)18-17-14/h6-8,10H,3-5H2,1-2H3,(H,16,17,18). The Labute approximate surface area is 117 Å². The van der Waals surface area contributed by atoms with Gasteiger partial charge in [0.1, 0.15) is 6.29 Å². The third-order valence-electron chi connectivity index (χ3n) is 4.01. The number of hydrogen-bond acceptors (Lipinski definition) is 4. The molecule has 1 aromatic carbocycles. The highest BCUT2D eigenvalue weighted by Crippen LogP contribution is 2.41. The third kappa shape index (κ3) is 2.09. The molecule has 104 valence electrons. The number of aromatic amines is 1. The first-order valence-electron chi connectivity index (χ1n) is 6.79. The molecule has 0 saturated heterocycles. The minimum absolute atomic E-state index is 0.313. The number of ether oxygens (including phenoxy) is 1. The molecule has 1 aliphatic carbocycles. The zero-order chi connectivity index (χ0) is 14.1. The van der Waals surface area contributed by atoms with Gasteiger partial charge in [-0.3, -0.25) is 9.89 Å². The van der Waals surface area contributed by atoms with Crippen LogP contribution >= 0.6 is 0 Å². The topological polar surface area (TPSA) is 67.9 Å². The van der Waals surface area contributed by atoms with Gasteiger partial charge in [-0.05, 0) is 42.9 Å². The first-order valence-corrected chi connectivity index (χ1v) is 6.79. The summed E-state index contributed by atoms with van der Waals surface area (Å²) in [7, 11) is 1.53. The van der Waals surface area contributed by atoms with E-state index in [0.29, 0.717) is 23.3 Å². The average molecular weight is 271 g/mol. The van der Waals surface area contributed by atoms with Crippen molar-refractivity contribution in [1.82, 2.24) is 15.2 Å². The van der Waals surface area contributed by atoms with E-state index < -0.39 is 0 Å². The van der Waals surface area contributed by atoms with Gasteiger partial charge >= 0.3 is 6.01 Å². The van der Waals surface area contributed by atoms with Crippen LogP contribution in [0.1, 0.15) is 46.7 Å². The highest BCUT2D eigenvalue weighted by atomic mass is 16.5. The molecule has 1 N–H and O–H groups in total. The largest absolute Gasteiger partial charge is 0.466 e. The average Bonchev–Trinajstić information content (AvgIpc) is 2.86. The molecule has 0 amide bonds. The lowest BCUT2D eigenvalue weighted by Crippen LogP contribution is -2.11. The summed E-state index contributed by atoms with van der Waals surface area (Å²) in [6.45, 7) is 1.97. The van der Waals surface area contributed by atoms with E-state index in [1.165, 1.54) is 31.9 Å². The molecule has 5 heteroatoms. The van der Waals surface area contributed by atoms with Crippen molar-refractivity contribution in [1.29, 1.82) is 0 Å². The summed E-state index contributed by atoms with van der Waals surface area (Å²) in [5.41, 5.74) is 3.91. The number of hydrogen-bond donors (Lipinski definition) is 1. The minimum Gasteiger partial charge on any atom is -0.466 e. The van der Waals surface area contributed by atoms with Crippen molar-refractivity contribution in [2.45, 2.75) is 32.1 Å². The predicted molar refractivity (Wildman–Crippen MR) is 75.1 cm³/mol. The molecule has 1 saturated carbocycles. The Bertz CT molecular complexity index is 645. The van der Waals surface area contributed by atoms with E-state index in [4.69, 9.17) is 4.74 Å². The molecular weight excluding hydrogens is 254 g/mol. The van der Waals surface area contributed by atoms with Gasteiger partial charge in [0, 0.05) is 11.1 Å². The van der Waals surface area contributed by atoms with Crippen LogP contribution in [0, 0.1) is 6.92 Å². The monoisotopic (exact) mass is 271 g/mol. The van der Waals surface area contributed by atoms with Gasteiger partial charge in [0.25, 0.3) is 0 Å². The van der Waals surface area contributed by atoms with Gasteiger partial charge in [0.05, 0.1) is 7.11 Å². The van der Waals surface area contributed by atoms with Gasteiger partial charge in [0.15, 0.2) is 5.82 Å². The van der Waals surface area contributed by atoms with Gasteiger partial charge in [-0.15, -0.1) is 5.10 Å². The Kier molecular flexibility index (Phi) is 3.26. The normalized spacial score (nSPS) is 14.9. The molecule has 0 spiro atoms. The number of aldehydes is 1. The fourth-order valence-corrected chi connectivity index (χ4v) is 2.59. The highest BCUT2D eigenvalue weighted by Gasteiger charge is 2.25. The Morgan fingerprint density at radius 3 is 2.75 bits per heavy atom. The van der Waals surface area contributed by atoms with Crippen molar-refractivity contribution in [3.63, 3.8) is 0 Å². The molecule has 20 heavy (non-hydrogen) atoms. The first kappa shape index (κ1) is 12.8. The molecule has 3 rings (SSSR count). The molecule has 1 aliphatic rings. The molecule has 0 aliphatic heterocycles. The van der Waals surface area contributed by atoms with Crippen LogP contribution in [0.3, 0.4) is 0 Å². The molecular formula is C15H17N3O2. The summed E-state index contributed by atoms with van der Waals surface area (Å²) in [5.74, 6) is 1.22. The highest BCUT2D eigenvalue weighted by molar-refractivity contribution is 5.81. The summed E-state index contributed by atoms with van der Waals surface area (Å²) in [4.78, 5) is 15.5. The fourth-order valence-electron chi connectivity index (χ4n) is 2.59. The second kappa shape index (κ2) is 5.07. The molecule has 0 atom stereocenters. The van der Waals surface area contributed by atoms with Crippen LogP contribution in [-0.2, 0) is 0 Å². The van der Waals surface area contributed by atoms with Crippen molar-refractivity contribution in [2.24, 2.45) is 0 Å². The van der Waals surface area contributed by atoms with Crippen LogP contribution in [-0.4, -0.2) is 28.6 Å². The second-order valence-corrected chi connectivity index (χ2v) is 5.21. The third-order valence-corrected chi connectivity index (χ3v) is 4.01. The lowest BCUT2D eigenvalue weighted by Gasteiger charge is -2.28. The van der Waals surface area contributed by atoms with E-state index in [9.17, 15) is 4.79 Å². The maximum atomic E-state index is 11.2. The fraction of sp³-hybridized carbons (Fsp3) is 0.400. The van der Waals surface area contributed by atoms with Gasteiger partial charge in [-0.25, -0.2) is 0 Å². The number of methoxy groups -OCH3 is 1. The SMILES string of the molecule is COc1n[nH]c(-c2cc(C=O)c(C)cc2C2CCC2)n1. The number of aryl methyl sites for hydroxylation is 1. The van der Waals surface area contributed by atoms with E-state index in [-0.39, 0.29) is 0 Å². The van der Waals surface area contributed by atoms with E-state index >= 15 is 0 Å². The predicted octanol–water partition coefficient (Wildman–Crippen LogP) is 2.87. The molecule has 1 aromatic heterocycles. The quantitative estimate of drug-likeness (QED) is 0.868. The molecule has 1 heterocycles. The van der Waals surface area contributed by atoms with Crippen LogP contribution in [0.4, 0.5) is 0 Å². The van der Waals surface area contributed by atoms with Gasteiger partial charge < -0.3 is 4.74 Å². The number of aromatic nitrogens is 3. The van der Waals surface area contributed by atoms with Gasteiger partial charge in [-0.1, -0.05) is 12.5 Å². The number of carbonyl (C=O) groups excluding carboxylic acids is 1. The number of carbonyl (C=O) groups is 1. The molecule has 5 nitrogen and oxygen atoms in total. The lowest BCUT2D eigenvalue weighted by molar-refractivity contribution is 0.112. The number of rotatable bonds is 4. The Hall–Kier alpha value is -2.17. The Morgan fingerprint density at radius 1 is 1.40 bits per heavy atom. The summed E-state index contributed by atoms with van der Waals surface area (Å²) in [5, 5.41) is 6.87. The molecule has 1 fully saturated rings. The van der Waals surface area contributed by atoms with E-state index in [2.05, 4.69) is 21.2 Å². The molecule has 0 radical (unpaired) electrons. The molecule has 0 unspecified atom stereocenters. The van der Waals surface area contributed by atoms with Gasteiger partial charge in [-0.2, -0.15) is 4.98 Å². The molecule has 0 bridgehead atoms. The van der Waals surface area contributed by atoms with E-state index in [1.54, 1.807) is 0 Å². The number of nitrogens with zero attached hydrogens (tertiary/aromatic N) is 2. The maximum Gasteiger partial charge on any atom is 0.335 e. The Balaban J connectivity index is 2.12. The summed E-state index contributed by atoms with van der Waals surface area (Å²) in [6.07, 6.45) is 4.53. The van der Waals surface area contributed by atoms with Crippen LogP contribution in [0.25, 0.3) is 11.4 Å². The van der Waals surface area contributed by atoms with E-state index in [1.807, 2.05) is 13.0 Å². The maximum absolute atomic E-state index is 11.2. The minimum atomic E-state index is 0.313. The number of benzene rings is 1. The second-order valence-electron chi connectivity index (χ2n) is 5.21. The number of H-pyrrole nitrogens is 1. The Morgan fingerprint density at radius 2 is 2.20 bits per heavy atom. The van der Waals surface area contributed by atoms with Crippen LogP contribution < -0.4 is 4.74 Å². The summed E-state index contributed by atoms with van der Waals surface area (Å²) in [6, 6.07) is 4.32. The molecule has 2 aromatic rings. The van der Waals surface area contributed by atoms with Gasteiger partial charge in [0.2, 0.25) is 0 Å². The smallest absolute Gasteiger partial charge is 0.335 e. The lowest BCUT2D eigenvalue weighted by atomic mass is 9.77.